The first kappa shape index (κ1) is 13.7. The molecule has 0 radical (unpaired) electrons. The van der Waals surface area contributed by atoms with Crippen molar-refractivity contribution in [3.05, 3.63) is 23.8 Å². The molecule has 1 heterocycles. The molecule has 1 unspecified atom stereocenters. The molecule has 7 heteroatoms. The minimum absolute atomic E-state index is 0.130. The highest BCUT2D eigenvalue weighted by Crippen LogP contribution is 2.20. The summed E-state index contributed by atoms with van der Waals surface area (Å²) < 4.78 is 23.3. The maximum atomic E-state index is 11.9. The van der Waals surface area contributed by atoms with Gasteiger partial charge in [0, 0.05) is 17.9 Å². The molecule has 1 atom stereocenters. The van der Waals surface area contributed by atoms with Gasteiger partial charge < -0.3 is 16.8 Å². The third-order valence-electron chi connectivity index (χ3n) is 3.27. The number of anilines is 2. The lowest BCUT2D eigenvalue weighted by molar-refractivity contribution is 0.0954. The number of sulfone groups is 1. The molecule has 1 aliphatic rings. The second-order valence-electron chi connectivity index (χ2n) is 4.69. The molecule has 5 N–H and O–H groups in total. The smallest absolute Gasteiger partial charge is 0.253 e. The summed E-state index contributed by atoms with van der Waals surface area (Å²) >= 11 is 0. The van der Waals surface area contributed by atoms with Gasteiger partial charge in [-0.25, -0.2) is 8.42 Å². The number of amides is 1. The first-order valence-electron chi connectivity index (χ1n) is 6.05. The van der Waals surface area contributed by atoms with Gasteiger partial charge in [-0.05, 0) is 31.0 Å². The van der Waals surface area contributed by atoms with Crippen molar-refractivity contribution < 1.29 is 13.2 Å². The van der Waals surface area contributed by atoms with E-state index in [1.165, 1.54) is 12.1 Å². The fourth-order valence-electron chi connectivity index (χ4n) is 2.18. The Hall–Kier alpha value is -1.76. The van der Waals surface area contributed by atoms with E-state index in [0.717, 1.165) is 0 Å². The molecule has 2 rings (SSSR count). The first-order valence-corrected chi connectivity index (χ1v) is 7.76. The van der Waals surface area contributed by atoms with Crippen LogP contribution in [0.3, 0.4) is 0 Å². The Morgan fingerprint density at radius 3 is 2.68 bits per heavy atom. The average molecular weight is 283 g/mol. The molecular weight excluding hydrogens is 266 g/mol. The van der Waals surface area contributed by atoms with Crippen molar-refractivity contribution in [3.8, 4) is 0 Å². The molecule has 1 amide bonds. The van der Waals surface area contributed by atoms with Crippen molar-refractivity contribution >= 4 is 27.1 Å². The van der Waals surface area contributed by atoms with Gasteiger partial charge in [0.15, 0.2) is 9.84 Å². The molecule has 6 nitrogen and oxygen atoms in total. The van der Waals surface area contributed by atoms with Crippen LogP contribution in [0.5, 0.6) is 0 Å². The molecule has 1 aliphatic heterocycles. The Labute approximate surface area is 112 Å². The minimum Gasteiger partial charge on any atom is -0.399 e. The van der Waals surface area contributed by atoms with Crippen LogP contribution in [0, 0.1) is 0 Å². The van der Waals surface area contributed by atoms with Crippen LogP contribution in [0.15, 0.2) is 18.2 Å². The highest BCUT2D eigenvalue weighted by atomic mass is 32.2. The molecule has 0 aromatic heterocycles. The summed E-state index contributed by atoms with van der Waals surface area (Å²) in [6.45, 7) is 0.130. The zero-order valence-corrected chi connectivity index (χ0v) is 11.2. The molecule has 0 bridgehead atoms. The van der Waals surface area contributed by atoms with E-state index < -0.39 is 15.1 Å². The number of hydrogen-bond donors (Lipinski definition) is 3. The van der Waals surface area contributed by atoms with Crippen molar-refractivity contribution in [3.63, 3.8) is 0 Å². The number of nitrogens with two attached hydrogens (primary N) is 2. The van der Waals surface area contributed by atoms with Crippen LogP contribution < -0.4 is 16.8 Å². The number of carbonyl (C=O) groups is 1. The fourth-order valence-corrected chi connectivity index (χ4v) is 3.94. The summed E-state index contributed by atoms with van der Waals surface area (Å²) in [5.74, 6) is -0.169. The van der Waals surface area contributed by atoms with Gasteiger partial charge in [0.05, 0.1) is 16.6 Å². The van der Waals surface area contributed by atoms with Gasteiger partial charge >= 0.3 is 0 Å². The summed E-state index contributed by atoms with van der Waals surface area (Å²) in [6.07, 6.45) is 1.26. The van der Waals surface area contributed by atoms with Gasteiger partial charge in [-0.2, -0.15) is 0 Å². The molecule has 19 heavy (non-hydrogen) atoms. The standard InChI is InChI=1S/C12H17N3O3S/c13-8-3-4-10(11(14)6-8)12(16)15-7-9-2-1-5-19(9,17)18/h3-4,6,9H,1-2,5,7,13-14H2,(H,15,16). The molecule has 1 saturated heterocycles. The Kier molecular flexibility index (Phi) is 3.66. The second kappa shape index (κ2) is 5.08. The Bertz CT molecular complexity index is 598. The van der Waals surface area contributed by atoms with Gasteiger partial charge in [0.2, 0.25) is 0 Å². The molecule has 1 aromatic carbocycles. The predicted molar refractivity (Wildman–Crippen MR) is 74.4 cm³/mol. The van der Waals surface area contributed by atoms with E-state index in [1.807, 2.05) is 0 Å². The third kappa shape index (κ3) is 2.98. The molecule has 0 aliphatic carbocycles. The van der Waals surface area contributed by atoms with Crippen LogP contribution in [0.1, 0.15) is 23.2 Å². The fraction of sp³-hybridized carbons (Fsp3) is 0.417. The van der Waals surface area contributed by atoms with E-state index in [4.69, 9.17) is 11.5 Å². The molecule has 1 aromatic rings. The Morgan fingerprint density at radius 2 is 2.11 bits per heavy atom. The van der Waals surface area contributed by atoms with Crippen LogP contribution in [-0.2, 0) is 9.84 Å². The van der Waals surface area contributed by atoms with E-state index in [1.54, 1.807) is 6.07 Å². The number of hydrogen-bond acceptors (Lipinski definition) is 5. The van der Waals surface area contributed by atoms with Crippen LogP contribution in [0.4, 0.5) is 11.4 Å². The summed E-state index contributed by atoms with van der Waals surface area (Å²) in [7, 11) is -3.05. The van der Waals surface area contributed by atoms with Crippen LogP contribution in [-0.4, -0.2) is 31.9 Å². The lowest BCUT2D eigenvalue weighted by atomic mass is 10.1. The van der Waals surface area contributed by atoms with Gasteiger partial charge in [-0.3, -0.25) is 4.79 Å². The molecular formula is C12H17N3O3S. The maximum Gasteiger partial charge on any atom is 0.253 e. The number of nitrogen functional groups attached to an aromatic ring is 2. The lowest BCUT2D eigenvalue weighted by Crippen LogP contribution is -2.34. The largest absolute Gasteiger partial charge is 0.399 e. The Balaban J connectivity index is 2.02. The van der Waals surface area contributed by atoms with E-state index in [0.29, 0.717) is 24.1 Å². The minimum atomic E-state index is -3.05. The summed E-state index contributed by atoms with van der Waals surface area (Å²) in [4.78, 5) is 11.9. The predicted octanol–water partition coefficient (Wildman–Crippen LogP) is 0.158. The zero-order valence-electron chi connectivity index (χ0n) is 10.4. The van der Waals surface area contributed by atoms with Gasteiger partial charge in [-0.15, -0.1) is 0 Å². The van der Waals surface area contributed by atoms with E-state index in [9.17, 15) is 13.2 Å². The quantitative estimate of drug-likeness (QED) is 0.683. The monoisotopic (exact) mass is 283 g/mol. The van der Waals surface area contributed by atoms with E-state index in [2.05, 4.69) is 5.32 Å². The number of carbonyl (C=O) groups excluding carboxylic acids is 1. The average Bonchev–Trinajstić information content (AvgIpc) is 2.65. The Morgan fingerprint density at radius 1 is 1.37 bits per heavy atom. The first-order chi connectivity index (χ1) is 8.90. The summed E-state index contributed by atoms with van der Waals surface area (Å²) in [5, 5.41) is 2.14. The highest BCUT2D eigenvalue weighted by molar-refractivity contribution is 7.92. The zero-order chi connectivity index (χ0) is 14.0. The summed E-state index contributed by atoms with van der Waals surface area (Å²) in [5.41, 5.74) is 12.3. The molecule has 104 valence electrons. The van der Waals surface area contributed by atoms with Crippen molar-refractivity contribution in [2.45, 2.75) is 18.1 Å². The van der Waals surface area contributed by atoms with Gasteiger partial charge in [0.1, 0.15) is 0 Å². The van der Waals surface area contributed by atoms with Crippen molar-refractivity contribution in [2.24, 2.45) is 0 Å². The molecule has 0 saturated carbocycles. The maximum absolute atomic E-state index is 11.9. The van der Waals surface area contributed by atoms with E-state index >= 15 is 0 Å². The SMILES string of the molecule is Nc1ccc(C(=O)NCC2CCCS2(=O)=O)c(N)c1. The number of rotatable bonds is 3. The van der Waals surface area contributed by atoms with Gasteiger partial charge in [-0.1, -0.05) is 0 Å². The summed E-state index contributed by atoms with van der Waals surface area (Å²) in [6, 6.07) is 4.61. The second-order valence-corrected chi connectivity index (χ2v) is 7.09. The highest BCUT2D eigenvalue weighted by Gasteiger charge is 2.31. The van der Waals surface area contributed by atoms with Crippen LogP contribution >= 0.6 is 0 Å². The number of nitrogens with one attached hydrogen (secondary N) is 1. The third-order valence-corrected chi connectivity index (χ3v) is 5.55. The topological polar surface area (TPSA) is 115 Å². The van der Waals surface area contributed by atoms with Crippen LogP contribution in [0.2, 0.25) is 0 Å². The van der Waals surface area contributed by atoms with Crippen molar-refractivity contribution in [1.29, 1.82) is 0 Å². The molecule has 1 fully saturated rings. The van der Waals surface area contributed by atoms with Crippen molar-refractivity contribution in [1.82, 2.24) is 5.32 Å². The lowest BCUT2D eigenvalue weighted by Gasteiger charge is -2.12. The van der Waals surface area contributed by atoms with E-state index in [-0.39, 0.29) is 23.9 Å². The van der Waals surface area contributed by atoms with Crippen LogP contribution in [0.25, 0.3) is 0 Å². The van der Waals surface area contributed by atoms with Crippen molar-refractivity contribution in [2.75, 3.05) is 23.8 Å². The normalized spacial score (nSPS) is 21.2. The number of benzene rings is 1. The van der Waals surface area contributed by atoms with Gasteiger partial charge in [0.25, 0.3) is 5.91 Å². The molecule has 0 spiro atoms.